The van der Waals surface area contributed by atoms with E-state index in [1.54, 1.807) is 11.3 Å². The van der Waals surface area contributed by atoms with Gasteiger partial charge in [0.2, 0.25) is 0 Å². The molecule has 0 bridgehead atoms. The van der Waals surface area contributed by atoms with Crippen molar-refractivity contribution in [2.45, 2.75) is 26.2 Å². The molecular weight excluding hydrogens is 204 g/mol. The molecule has 0 saturated carbocycles. The Labute approximate surface area is 94.0 Å². The Kier molecular flexibility index (Phi) is 3.11. The van der Waals surface area contributed by atoms with Crippen LogP contribution in [0.15, 0.2) is 29.8 Å². The second kappa shape index (κ2) is 4.53. The van der Waals surface area contributed by atoms with E-state index in [9.17, 15) is 0 Å². The Bertz CT molecular complexity index is 422. The quantitative estimate of drug-likeness (QED) is 0.790. The molecule has 15 heavy (non-hydrogen) atoms. The van der Waals surface area contributed by atoms with Crippen LogP contribution in [0.1, 0.15) is 29.2 Å². The van der Waals surface area contributed by atoms with E-state index in [2.05, 4.69) is 28.3 Å². The SMILES string of the molecule is Cc1nc(CC(C)c2ccccn2)cs1. The lowest BCUT2D eigenvalue weighted by Gasteiger charge is -2.08. The molecule has 0 N–H and O–H groups in total. The van der Waals surface area contributed by atoms with Crippen molar-refractivity contribution in [1.29, 1.82) is 0 Å². The van der Waals surface area contributed by atoms with E-state index in [1.165, 1.54) is 5.69 Å². The lowest BCUT2D eigenvalue weighted by Crippen LogP contribution is -2.00. The molecule has 2 heterocycles. The van der Waals surface area contributed by atoms with Crippen molar-refractivity contribution in [3.05, 3.63) is 46.2 Å². The fourth-order valence-electron chi connectivity index (χ4n) is 1.59. The van der Waals surface area contributed by atoms with E-state index in [0.717, 1.165) is 17.1 Å². The van der Waals surface area contributed by atoms with Crippen LogP contribution in [0.5, 0.6) is 0 Å². The Hall–Kier alpha value is -1.22. The maximum absolute atomic E-state index is 4.47. The molecule has 0 aromatic carbocycles. The van der Waals surface area contributed by atoms with Gasteiger partial charge in [-0.1, -0.05) is 13.0 Å². The summed E-state index contributed by atoms with van der Waals surface area (Å²) in [6.45, 7) is 4.23. The number of aryl methyl sites for hydroxylation is 1. The van der Waals surface area contributed by atoms with Crippen molar-refractivity contribution in [3.8, 4) is 0 Å². The minimum atomic E-state index is 0.438. The Balaban J connectivity index is 2.07. The number of hydrogen-bond donors (Lipinski definition) is 0. The third-order valence-corrected chi connectivity index (χ3v) is 3.20. The maximum Gasteiger partial charge on any atom is 0.0897 e. The molecule has 0 radical (unpaired) electrons. The zero-order chi connectivity index (χ0) is 10.7. The number of hydrogen-bond acceptors (Lipinski definition) is 3. The molecule has 0 amide bonds. The fourth-order valence-corrected chi connectivity index (χ4v) is 2.21. The molecule has 2 rings (SSSR count). The highest BCUT2D eigenvalue weighted by Crippen LogP contribution is 2.19. The molecule has 2 aromatic heterocycles. The zero-order valence-electron chi connectivity index (χ0n) is 8.97. The summed E-state index contributed by atoms with van der Waals surface area (Å²) < 4.78 is 0. The third kappa shape index (κ3) is 2.63. The number of pyridine rings is 1. The number of rotatable bonds is 3. The highest BCUT2D eigenvalue weighted by atomic mass is 32.1. The van der Waals surface area contributed by atoms with Crippen molar-refractivity contribution in [2.75, 3.05) is 0 Å². The van der Waals surface area contributed by atoms with Gasteiger partial charge in [-0.25, -0.2) is 4.98 Å². The van der Waals surface area contributed by atoms with Gasteiger partial charge in [0, 0.05) is 23.2 Å². The first-order valence-corrected chi connectivity index (χ1v) is 5.95. The summed E-state index contributed by atoms with van der Waals surface area (Å²) in [6, 6.07) is 6.05. The average Bonchev–Trinajstić information content (AvgIpc) is 2.65. The largest absolute Gasteiger partial charge is 0.261 e. The Morgan fingerprint density at radius 1 is 1.40 bits per heavy atom. The summed E-state index contributed by atoms with van der Waals surface area (Å²) in [7, 11) is 0. The van der Waals surface area contributed by atoms with Crippen molar-refractivity contribution in [2.24, 2.45) is 0 Å². The molecule has 1 unspecified atom stereocenters. The molecule has 1 atom stereocenters. The zero-order valence-corrected chi connectivity index (χ0v) is 9.79. The highest BCUT2D eigenvalue weighted by molar-refractivity contribution is 7.09. The first-order valence-electron chi connectivity index (χ1n) is 5.07. The minimum absolute atomic E-state index is 0.438. The van der Waals surface area contributed by atoms with Gasteiger partial charge in [0.1, 0.15) is 0 Å². The Morgan fingerprint density at radius 3 is 2.87 bits per heavy atom. The monoisotopic (exact) mass is 218 g/mol. The van der Waals surface area contributed by atoms with Gasteiger partial charge in [-0.2, -0.15) is 0 Å². The van der Waals surface area contributed by atoms with Crippen molar-refractivity contribution in [1.82, 2.24) is 9.97 Å². The van der Waals surface area contributed by atoms with E-state index in [-0.39, 0.29) is 0 Å². The van der Waals surface area contributed by atoms with Gasteiger partial charge in [-0.3, -0.25) is 4.98 Å². The summed E-state index contributed by atoms with van der Waals surface area (Å²) in [5.74, 6) is 0.438. The molecule has 0 spiro atoms. The van der Waals surface area contributed by atoms with Crippen molar-refractivity contribution < 1.29 is 0 Å². The van der Waals surface area contributed by atoms with E-state index >= 15 is 0 Å². The van der Waals surface area contributed by atoms with Crippen molar-refractivity contribution in [3.63, 3.8) is 0 Å². The van der Waals surface area contributed by atoms with Crippen LogP contribution < -0.4 is 0 Å². The van der Waals surface area contributed by atoms with Crippen LogP contribution in [-0.4, -0.2) is 9.97 Å². The summed E-state index contributed by atoms with van der Waals surface area (Å²) in [4.78, 5) is 8.82. The summed E-state index contributed by atoms with van der Waals surface area (Å²) in [5, 5.41) is 3.27. The van der Waals surface area contributed by atoms with Crippen LogP contribution in [0, 0.1) is 6.92 Å². The molecule has 0 aliphatic rings. The summed E-state index contributed by atoms with van der Waals surface area (Å²) in [6.07, 6.45) is 2.82. The summed E-state index contributed by atoms with van der Waals surface area (Å²) in [5.41, 5.74) is 2.32. The third-order valence-electron chi connectivity index (χ3n) is 2.37. The van der Waals surface area contributed by atoms with Gasteiger partial charge >= 0.3 is 0 Å². The first-order chi connectivity index (χ1) is 7.25. The standard InChI is InChI=1S/C12H14N2S/c1-9(12-5-3-4-6-13-12)7-11-8-15-10(2)14-11/h3-6,8-9H,7H2,1-2H3. The van der Waals surface area contributed by atoms with Gasteiger partial charge < -0.3 is 0 Å². The van der Waals surface area contributed by atoms with E-state index in [4.69, 9.17) is 0 Å². The maximum atomic E-state index is 4.47. The molecule has 2 aromatic rings. The number of thiazole rings is 1. The van der Waals surface area contributed by atoms with Crippen LogP contribution in [0.2, 0.25) is 0 Å². The first kappa shape index (κ1) is 10.3. The van der Waals surface area contributed by atoms with E-state index < -0.39 is 0 Å². The second-order valence-electron chi connectivity index (χ2n) is 3.72. The van der Waals surface area contributed by atoms with E-state index in [1.807, 2.05) is 25.3 Å². The smallest absolute Gasteiger partial charge is 0.0897 e. The normalized spacial score (nSPS) is 12.7. The van der Waals surface area contributed by atoms with Crippen LogP contribution >= 0.6 is 11.3 Å². The van der Waals surface area contributed by atoms with Crippen LogP contribution in [-0.2, 0) is 6.42 Å². The molecule has 78 valence electrons. The predicted octanol–water partition coefficient (Wildman–Crippen LogP) is 3.19. The minimum Gasteiger partial charge on any atom is -0.261 e. The molecule has 0 saturated heterocycles. The number of aromatic nitrogens is 2. The number of nitrogens with zero attached hydrogens (tertiary/aromatic N) is 2. The fraction of sp³-hybridized carbons (Fsp3) is 0.333. The average molecular weight is 218 g/mol. The van der Waals surface area contributed by atoms with Gasteiger partial charge in [0.15, 0.2) is 0 Å². The van der Waals surface area contributed by atoms with Crippen LogP contribution in [0.25, 0.3) is 0 Å². The lowest BCUT2D eigenvalue weighted by molar-refractivity contribution is 0.718. The molecule has 3 heteroatoms. The van der Waals surface area contributed by atoms with Gasteiger partial charge in [0.25, 0.3) is 0 Å². The van der Waals surface area contributed by atoms with Gasteiger partial charge in [-0.05, 0) is 25.5 Å². The Morgan fingerprint density at radius 2 is 2.27 bits per heavy atom. The second-order valence-corrected chi connectivity index (χ2v) is 4.78. The predicted molar refractivity (Wildman–Crippen MR) is 63.2 cm³/mol. The molecule has 0 aliphatic heterocycles. The van der Waals surface area contributed by atoms with E-state index in [0.29, 0.717) is 5.92 Å². The summed E-state index contributed by atoms with van der Waals surface area (Å²) >= 11 is 1.71. The van der Waals surface area contributed by atoms with Gasteiger partial charge in [0.05, 0.1) is 10.7 Å². The molecule has 2 nitrogen and oxygen atoms in total. The lowest BCUT2D eigenvalue weighted by atomic mass is 10.0. The topological polar surface area (TPSA) is 25.8 Å². The van der Waals surface area contributed by atoms with Crippen LogP contribution in [0.4, 0.5) is 0 Å². The molecule has 0 fully saturated rings. The van der Waals surface area contributed by atoms with Crippen LogP contribution in [0.3, 0.4) is 0 Å². The van der Waals surface area contributed by atoms with Gasteiger partial charge in [-0.15, -0.1) is 11.3 Å². The molecule has 0 aliphatic carbocycles. The van der Waals surface area contributed by atoms with Crippen molar-refractivity contribution >= 4 is 11.3 Å². The highest BCUT2D eigenvalue weighted by Gasteiger charge is 2.09. The molecular formula is C12H14N2S.